The van der Waals surface area contributed by atoms with Gasteiger partial charge < -0.3 is 0 Å². The highest BCUT2D eigenvalue weighted by Crippen LogP contribution is 2.22. The summed E-state index contributed by atoms with van der Waals surface area (Å²) in [6.07, 6.45) is 0. The van der Waals surface area contributed by atoms with Gasteiger partial charge in [0, 0.05) is 4.90 Å². The van der Waals surface area contributed by atoms with E-state index in [9.17, 15) is 8.42 Å². The lowest BCUT2D eigenvalue weighted by molar-refractivity contribution is 0.483. The maximum atomic E-state index is 10.5. The number of halogens is 1. The average Bonchev–Trinajstić information content (AvgIpc) is 2.03. The third-order valence-electron chi connectivity index (χ3n) is 1.21. The van der Waals surface area contributed by atoms with Gasteiger partial charge in [-0.3, -0.25) is 4.55 Å². The van der Waals surface area contributed by atoms with E-state index in [4.69, 9.17) is 15.2 Å². The van der Waals surface area contributed by atoms with Gasteiger partial charge in [-0.25, -0.2) is 0 Å². The maximum absolute atomic E-state index is 10.5. The van der Waals surface area contributed by atoms with Crippen molar-refractivity contribution in [2.75, 3.05) is 0 Å². The SMILES string of the molecule is O=S(=O)(O)c1ccc(SCl)cc1. The Morgan fingerprint density at radius 3 is 2.08 bits per heavy atom. The molecule has 1 rings (SSSR count). The third-order valence-corrected chi connectivity index (χ3v) is 3.06. The van der Waals surface area contributed by atoms with E-state index in [2.05, 4.69) is 0 Å². The van der Waals surface area contributed by atoms with Gasteiger partial charge in [-0.15, -0.1) is 0 Å². The van der Waals surface area contributed by atoms with Gasteiger partial charge >= 0.3 is 0 Å². The molecule has 0 heterocycles. The molecule has 1 aromatic rings. The molecule has 0 aliphatic carbocycles. The molecule has 1 N–H and O–H groups in total. The van der Waals surface area contributed by atoms with Crippen LogP contribution in [0.2, 0.25) is 0 Å². The quantitative estimate of drug-likeness (QED) is 0.783. The minimum Gasteiger partial charge on any atom is -0.282 e. The summed E-state index contributed by atoms with van der Waals surface area (Å²) in [5.41, 5.74) is 0. The molecule has 3 nitrogen and oxygen atoms in total. The number of hydrogen-bond donors (Lipinski definition) is 1. The van der Waals surface area contributed by atoms with Crippen LogP contribution in [-0.4, -0.2) is 13.0 Å². The van der Waals surface area contributed by atoms with Crippen molar-refractivity contribution in [1.29, 1.82) is 0 Å². The summed E-state index contributed by atoms with van der Waals surface area (Å²) in [5.74, 6) is 0. The van der Waals surface area contributed by atoms with Crippen molar-refractivity contribution in [3.05, 3.63) is 24.3 Å². The van der Waals surface area contributed by atoms with Crippen molar-refractivity contribution in [3.8, 4) is 0 Å². The second-order valence-electron chi connectivity index (χ2n) is 2.02. The van der Waals surface area contributed by atoms with Crippen LogP contribution in [0.15, 0.2) is 34.1 Å². The monoisotopic (exact) mass is 224 g/mol. The lowest BCUT2D eigenvalue weighted by Crippen LogP contribution is -1.96. The molecule has 0 amide bonds. The minimum atomic E-state index is -4.08. The van der Waals surface area contributed by atoms with E-state index in [1.807, 2.05) is 0 Å². The van der Waals surface area contributed by atoms with Gasteiger partial charge in [0.1, 0.15) is 0 Å². The molecule has 0 fully saturated rings. The predicted octanol–water partition coefficient (Wildman–Crippen LogP) is 2.18. The molecule has 1 aromatic carbocycles. The number of rotatable bonds is 2. The van der Waals surface area contributed by atoms with Crippen molar-refractivity contribution < 1.29 is 13.0 Å². The van der Waals surface area contributed by atoms with Crippen LogP contribution in [0, 0.1) is 0 Å². The molecule has 0 saturated carbocycles. The first kappa shape index (κ1) is 9.85. The second kappa shape index (κ2) is 3.66. The summed E-state index contributed by atoms with van der Waals surface area (Å²) >= 11 is 0. The molecule has 0 saturated heterocycles. The Balaban J connectivity index is 3.09. The predicted molar refractivity (Wildman–Crippen MR) is 48.0 cm³/mol. The van der Waals surface area contributed by atoms with Gasteiger partial charge in [0.05, 0.1) is 4.90 Å². The number of hydrogen-bond acceptors (Lipinski definition) is 3. The molecule has 0 spiro atoms. The van der Waals surface area contributed by atoms with Gasteiger partial charge in [-0.1, -0.05) is 0 Å². The standard InChI is InChI=1S/C6H5ClO3S2/c7-11-5-1-3-6(4-2-5)12(8,9)10/h1-4H,(H,8,9,10). The summed E-state index contributed by atoms with van der Waals surface area (Å²) in [5, 5.41) is 0. The van der Waals surface area contributed by atoms with Gasteiger partial charge in [0.2, 0.25) is 0 Å². The largest absolute Gasteiger partial charge is 0.294 e. The zero-order valence-corrected chi connectivity index (χ0v) is 8.16. The fourth-order valence-corrected chi connectivity index (χ4v) is 1.69. The summed E-state index contributed by atoms with van der Waals surface area (Å²) < 4.78 is 29.7. The molecule has 0 aromatic heterocycles. The third kappa shape index (κ3) is 2.38. The Labute approximate surface area is 79.0 Å². The first-order chi connectivity index (χ1) is 5.54. The van der Waals surface area contributed by atoms with Crippen LogP contribution in [-0.2, 0) is 10.1 Å². The van der Waals surface area contributed by atoms with Gasteiger partial charge in [0.25, 0.3) is 10.1 Å². The molecule has 0 aliphatic heterocycles. The highest BCUT2D eigenvalue weighted by atomic mass is 35.7. The zero-order valence-electron chi connectivity index (χ0n) is 5.77. The van der Waals surface area contributed by atoms with Crippen LogP contribution in [0.3, 0.4) is 0 Å². The van der Waals surface area contributed by atoms with Crippen molar-refractivity contribution in [1.82, 2.24) is 0 Å². The highest BCUT2D eigenvalue weighted by Gasteiger charge is 2.07. The second-order valence-corrected chi connectivity index (χ2v) is 4.53. The van der Waals surface area contributed by atoms with E-state index in [-0.39, 0.29) is 4.90 Å². The highest BCUT2D eigenvalue weighted by molar-refractivity contribution is 8.21. The molecule has 0 unspecified atom stereocenters. The molecule has 0 radical (unpaired) electrons. The first-order valence-corrected chi connectivity index (χ1v) is 5.98. The van der Waals surface area contributed by atoms with E-state index in [0.29, 0.717) is 0 Å². The van der Waals surface area contributed by atoms with E-state index in [0.717, 1.165) is 15.9 Å². The summed E-state index contributed by atoms with van der Waals surface area (Å²) in [7, 11) is 2.30. The van der Waals surface area contributed by atoms with Crippen LogP contribution in [0.1, 0.15) is 0 Å². The lowest BCUT2D eigenvalue weighted by atomic mass is 10.4. The molecule has 6 heteroatoms. The maximum Gasteiger partial charge on any atom is 0.294 e. The Morgan fingerprint density at radius 2 is 1.75 bits per heavy atom. The lowest BCUT2D eigenvalue weighted by Gasteiger charge is -1.96. The molecule has 12 heavy (non-hydrogen) atoms. The van der Waals surface area contributed by atoms with Crippen molar-refractivity contribution in [2.24, 2.45) is 0 Å². The number of benzene rings is 1. The van der Waals surface area contributed by atoms with Gasteiger partial charge in [-0.2, -0.15) is 8.42 Å². The Hall–Kier alpha value is -0.230. The molecule has 0 aliphatic rings. The smallest absolute Gasteiger partial charge is 0.282 e. The fourth-order valence-electron chi connectivity index (χ4n) is 0.663. The molecule has 0 atom stereocenters. The molecule has 0 bridgehead atoms. The van der Waals surface area contributed by atoms with Crippen LogP contribution in [0.4, 0.5) is 0 Å². The fraction of sp³-hybridized carbons (Fsp3) is 0. The Morgan fingerprint density at radius 1 is 1.25 bits per heavy atom. The average molecular weight is 225 g/mol. The Kier molecular flexibility index (Phi) is 3.00. The van der Waals surface area contributed by atoms with Crippen LogP contribution >= 0.6 is 21.7 Å². The van der Waals surface area contributed by atoms with Crippen molar-refractivity contribution in [3.63, 3.8) is 0 Å². The summed E-state index contributed by atoms with van der Waals surface area (Å²) in [4.78, 5) is 0.598. The van der Waals surface area contributed by atoms with Gasteiger partial charge in [-0.05, 0) is 45.9 Å². The van der Waals surface area contributed by atoms with E-state index in [1.165, 1.54) is 24.3 Å². The van der Waals surface area contributed by atoms with E-state index in [1.54, 1.807) is 0 Å². The summed E-state index contributed by atoms with van der Waals surface area (Å²) in [6, 6.07) is 5.61. The first-order valence-electron chi connectivity index (χ1n) is 2.90. The topological polar surface area (TPSA) is 54.4 Å². The van der Waals surface area contributed by atoms with E-state index < -0.39 is 10.1 Å². The Bertz CT molecular complexity index is 357. The van der Waals surface area contributed by atoms with Crippen molar-refractivity contribution in [2.45, 2.75) is 9.79 Å². The normalized spacial score (nSPS) is 11.5. The molecular weight excluding hydrogens is 220 g/mol. The molecule has 66 valence electrons. The zero-order chi connectivity index (χ0) is 9.19. The van der Waals surface area contributed by atoms with E-state index >= 15 is 0 Å². The van der Waals surface area contributed by atoms with Crippen molar-refractivity contribution >= 4 is 31.8 Å². The van der Waals surface area contributed by atoms with Gasteiger partial charge in [0.15, 0.2) is 0 Å². The van der Waals surface area contributed by atoms with Crippen LogP contribution < -0.4 is 0 Å². The van der Waals surface area contributed by atoms with Crippen LogP contribution in [0.25, 0.3) is 0 Å². The molecular formula is C6H5ClO3S2. The van der Waals surface area contributed by atoms with Crippen LogP contribution in [0.5, 0.6) is 0 Å². The summed E-state index contributed by atoms with van der Waals surface area (Å²) in [6.45, 7) is 0. The minimum absolute atomic E-state index is 0.128.